The van der Waals surface area contributed by atoms with Crippen LogP contribution in [-0.4, -0.2) is 4.98 Å². The predicted molar refractivity (Wildman–Crippen MR) is 91.8 cm³/mol. The zero-order valence-corrected chi connectivity index (χ0v) is 13.5. The topological polar surface area (TPSA) is 12.9 Å². The van der Waals surface area contributed by atoms with Crippen molar-refractivity contribution in [3.8, 4) is 21.8 Å². The van der Waals surface area contributed by atoms with Crippen molar-refractivity contribution in [1.82, 2.24) is 4.98 Å². The molecule has 1 heterocycles. The van der Waals surface area contributed by atoms with Crippen molar-refractivity contribution in [3.05, 3.63) is 64.5 Å². The Bertz CT molecular complexity index is 736. The van der Waals surface area contributed by atoms with Gasteiger partial charge in [0.1, 0.15) is 5.01 Å². The molecule has 0 spiro atoms. The fourth-order valence-corrected chi connectivity index (χ4v) is 3.32. The summed E-state index contributed by atoms with van der Waals surface area (Å²) < 4.78 is 0. The minimum absolute atomic E-state index is 1.07. The van der Waals surface area contributed by atoms with Gasteiger partial charge < -0.3 is 0 Å². The Balaban J connectivity index is 1.98. The Morgan fingerprint density at radius 1 is 0.857 bits per heavy atom. The van der Waals surface area contributed by atoms with Crippen LogP contribution in [0, 0.1) is 13.8 Å². The van der Waals surface area contributed by atoms with Crippen molar-refractivity contribution in [3.63, 3.8) is 0 Å². The van der Waals surface area contributed by atoms with Crippen LogP contribution >= 0.6 is 11.3 Å². The highest BCUT2D eigenvalue weighted by atomic mass is 32.1. The zero-order chi connectivity index (χ0) is 14.8. The highest BCUT2D eigenvalue weighted by molar-refractivity contribution is 7.15. The molecule has 0 aliphatic rings. The molecule has 0 N–H and O–H groups in total. The third kappa shape index (κ3) is 2.91. The first-order chi connectivity index (χ1) is 10.2. The first kappa shape index (κ1) is 14.0. The van der Waals surface area contributed by atoms with E-state index in [0.717, 1.165) is 17.1 Å². The van der Waals surface area contributed by atoms with Crippen LogP contribution in [0.25, 0.3) is 21.8 Å². The summed E-state index contributed by atoms with van der Waals surface area (Å²) in [6, 6.07) is 17.3. The molecule has 0 bridgehead atoms. The van der Waals surface area contributed by atoms with Crippen LogP contribution < -0.4 is 0 Å². The summed E-state index contributed by atoms with van der Waals surface area (Å²) in [7, 11) is 0. The fraction of sp³-hybridized carbons (Fsp3) is 0.211. The van der Waals surface area contributed by atoms with E-state index in [9.17, 15) is 0 Å². The summed E-state index contributed by atoms with van der Waals surface area (Å²) in [6.07, 6.45) is 1.07. The second-order valence-electron chi connectivity index (χ2n) is 5.34. The number of aryl methyl sites for hydroxylation is 3. The summed E-state index contributed by atoms with van der Waals surface area (Å²) in [6.45, 7) is 6.44. The number of thiazole rings is 1. The van der Waals surface area contributed by atoms with Gasteiger partial charge in [-0.25, -0.2) is 4.98 Å². The van der Waals surface area contributed by atoms with E-state index in [1.54, 1.807) is 11.3 Å². The lowest BCUT2D eigenvalue weighted by atomic mass is 10.1. The lowest BCUT2D eigenvalue weighted by Gasteiger charge is -2.01. The molecule has 0 saturated heterocycles. The molecule has 21 heavy (non-hydrogen) atoms. The molecule has 106 valence electrons. The first-order valence-electron chi connectivity index (χ1n) is 7.31. The van der Waals surface area contributed by atoms with Crippen LogP contribution in [0.3, 0.4) is 0 Å². The molecule has 3 rings (SSSR count). The fourth-order valence-electron chi connectivity index (χ4n) is 2.38. The molecule has 0 atom stereocenters. The maximum absolute atomic E-state index is 4.85. The summed E-state index contributed by atoms with van der Waals surface area (Å²) in [5.74, 6) is 0. The van der Waals surface area contributed by atoms with E-state index in [1.807, 2.05) is 0 Å². The van der Waals surface area contributed by atoms with Crippen LogP contribution in [0.4, 0.5) is 0 Å². The van der Waals surface area contributed by atoms with Crippen molar-refractivity contribution in [2.75, 3.05) is 0 Å². The summed E-state index contributed by atoms with van der Waals surface area (Å²) >= 11 is 1.77. The van der Waals surface area contributed by atoms with E-state index < -0.39 is 0 Å². The Hall–Kier alpha value is -1.93. The van der Waals surface area contributed by atoms with Crippen LogP contribution in [0.15, 0.2) is 48.5 Å². The summed E-state index contributed by atoms with van der Waals surface area (Å²) in [4.78, 5) is 6.13. The smallest absolute Gasteiger partial charge is 0.124 e. The van der Waals surface area contributed by atoms with Crippen molar-refractivity contribution >= 4 is 11.3 Å². The van der Waals surface area contributed by atoms with Crippen molar-refractivity contribution in [1.29, 1.82) is 0 Å². The van der Waals surface area contributed by atoms with Crippen LogP contribution in [0.1, 0.15) is 22.9 Å². The number of benzene rings is 2. The number of aromatic nitrogens is 1. The molecule has 0 aliphatic heterocycles. The van der Waals surface area contributed by atoms with Gasteiger partial charge in [0.15, 0.2) is 0 Å². The van der Waals surface area contributed by atoms with E-state index in [2.05, 4.69) is 69.3 Å². The summed E-state index contributed by atoms with van der Waals surface area (Å²) in [5.41, 5.74) is 6.16. The van der Waals surface area contributed by atoms with Gasteiger partial charge >= 0.3 is 0 Å². The third-order valence-corrected chi connectivity index (χ3v) is 4.75. The standard InChI is InChI=1S/C19H19NS/c1-4-15-7-11-16(12-8-15)18-14(3)21-19(20-18)17-9-5-13(2)6-10-17/h5-12H,4H2,1-3H3. The lowest BCUT2D eigenvalue weighted by molar-refractivity contribution is 1.14. The van der Waals surface area contributed by atoms with Gasteiger partial charge in [-0.3, -0.25) is 0 Å². The van der Waals surface area contributed by atoms with Gasteiger partial charge in [0.05, 0.1) is 5.69 Å². The number of nitrogens with zero attached hydrogens (tertiary/aromatic N) is 1. The van der Waals surface area contributed by atoms with Gasteiger partial charge in [-0.05, 0) is 25.8 Å². The molecule has 0 amide bonds. The van der Waals surface area contributed by atoms with Crippen LogP contribution in [0.5, 0.6) is 0 Å². The molecular weight excluding hydrogens is 274 g/mol. The molecule has 0 unspecified atom stereocenters. The quantitative estimate of drug-likeness (QED) is 0.607. The zero-order valence-electron chi connectivity index (χ0n) is 12.7. The van der Waals surface area contributed by atoms with Gasteiger partial charge in [0.25, 0.3) is 0 Å². The van der Waals surface area contributed by atoms with Crippen LogP contribution in [-0.2, 0) is 6.42 Å². The second kappa shape index (κ2) is 5.82. The van der Waals surface area contributed by atoms with Crippen LogP contribution in [0.2, 0.25) is 0 Å². The van der Waals surface area contributed by atoms with Crippen molar-refractivity contribution < 1.29 is 0 Å². The van der Waals surface area contributed by atoms with Crippen molar-refractivity contribution in [2.45, 2.75) is 27.2 Å². The molecule has 3 aromatic rings. The average Bonchev–Trinajstić information content (AvgIpc) is 2.90. The molecule has 2 heteroatoms. The number of hydrogen-bond donors (Lipinski definition) is 0. The normalized spacial score (nSPS) is 10.8. The van der Waals surface area contributed by atoms with E-state index in [4.69, 9.17) is 4.98 Å². The highest BCUT2D eigenvalue weighted by Gasteiger charge is 2.11. The Morgan fingerprint density at radius 2 is 1.48 bits per heavy atom. The van der Waals surface area contributed by atoms with Gasteiger partial charge in [0.2, 0.25) is 0 Å². The number of rotatable bonds is 3. The first-order valence-corrected chi connectivity index (χ1v) is 8.13. The monoisotopic (exact) mass is 293 g/mol. The van der Waals surface area contributed by atoms with Crippen molar-refractivity contribution in [2.24, 2.45) is 0 Å². The van der Waals surface area contributed by atoms with E-state index in [1.165, 1.54) is 27.1 Å². The minimum atomic E-state index is 1.07. The highest BCUT2D eigenvalue weighted by Crippen LogP contribution is 2.33. The predicted octanol–water partition coefficient (Wildman–Crippen LogP) is 5.66. The Labute approximate surface area is 130 Å². The molecule has 0 fully saturated rings. The number of hydrogen-bond acceptors (Lipinski definition) is 2. The molecule has 1 aromatic heterocycles. The van der Waals surface area contributed by atoms with Gasteiger partial charge in [0, 0.05) is 16.0 Å². The molecule has 0 aliphatic carbocycles. The van der Waals surface area contributed by atoms with E-state index >= 15 is 0 Å². The third-order valence-electron chi connectivity index (χ3n) is 3.73. The molecule has 2 aromatic carbocycles. The average molecular weight is 293 g/mol. The lowest BCUT2D eigenvalue weighted by Crippen LogP contribution is -1.84. The van der Waals surface area contributed by atoms with E-state index in [0.29, 0.717) is 0 Å². The Kier molecular flexibility index (Phi) is 3.89. The van der Waals surface area contributed by atoms with Gasteiger partial charge in [-0.15, -0.1) is 11.3 Å². The Morgan fingerprint density at radius 3 is 2.10 bits per heavy atom. The van der Waals surface area contributed by atoms with Gasteiger partial charge in [-0.2, -0.15) is 0 Å². The van der Waals surface area contributed by atoms with Gasteiger partial charge in [-0.1, -0.05) is 61.0 Å². The summed E-state index contributed by atoms with van der Waals surface area (Å²) in [5, 5.41) is 1.10. The maximum Gasteiger partial charge on any atom is 0.124 e. The molecular formula is C19H19NS. The minimum Gasteiger partial charge on any atom is -0.236 e. The molecule has 1 nitrogen and oxygen atoms in total. The van der Waals surface area contributed by atoms with E-state index in [-0.39, 0.29) is 0 Å². The largest absolute Gasteiger partial charge is 0.236 e. The molecule has 0 saturated carbocycles. The second-order valence-corrected chi connectivity index (χ2v) is 6.54. The maximum atomic E-state index is 4.85. The SMILES string of the molecule is CCc1ccc(-c2nc(-c3ccc(C)cc3)sc2C)cc1. The molecule has 0 radical (unpaired) electrons.